The van der Waals surface area contributed by atoms with Crippen LogP contribution >= 0.6 is 0 Å². The number of rotatable bonds is 8. The number of nitrogens with one attached hydrogen (secondary N) is 1. The Balaban J connectivity index is 1.67. The molecule has 3 heterocycles. The number of amides is 1. The van der Waals surface area contributed by atoms with Crippen LogP contribution in [0.2, 0.25) is 0 Å². The Labute approximate surface area is 205 Å². The molecule has 2 aliphatic rings. The number of morpholine rings is 2. The number of primary amides is 1. The van der Waals surface area contributed by atoms with Gasteiger partial charge in [0.25, 0.3) is 5.91 Å². The van der Waals surface area contributed by atoms with E-state index in [0.717, 1.165) is 18.7 Å². The Kier molecular flexibility index (Phi) is 7.75. The molecule has 4 rings (SSSR count). The highest BCUT2D eigenvalue weighted by atomic mass is 32.2. The molecule has 0 radical (unpaired) electrons. The van der Waals surface area contributed by atoms with Crippen LogP contribution in [0.3, 0.4) is 0 Å². The number of nitrogens with zero attached hydrogens (tertiary/aromatic N) is 4. The Hall–Kier alpha value is -2.93. The van der Waals surface area contributed by atoms with Crippen molar-refractivity contribution >= 4 is 38.9 Å². The van der Waals surface area contributed by atoms with Crippen molar-refractivity contribution in [3.8, 4) is 0 Å². The lowest BCUT2D eigenvalue weighted by molar-refractivity contribution is 0.0342. The minimum atomic E-state index is -3.50. The first kappa shape index (κ1) is 25.2. The summed E-state index contributed by atoms with van der Waals surface area (Å²) in [5.41, 5.74) is 7.87. The highest BCUT2D eigenvalue weighted by molar-refractivity contribution is 7.92. The second-order valence-corrected chi connectivity index (χ2v) is 10.6. The van der Waals surface area contributed by atoms with E-state index in [-0.39, 0.29) is 5.56 Å². The molecule has 1 aromatic heterocycles. The summed E-state index contributed by atoms with van der Waals surface area (Å²) in [5.74, 6) is 0.416. The third-order valence-electron chi connectivity index (χ3n) is 6.16. The Bertz CT molecular complexity index is 1160. The highest BCUT2D eigenvalue weighted by Gasteiger charge is 2.21. The summed E-state index contributed by atoms with van der Waals surface area (Å²) in [5, 5.41) is 3.19. The lowest BCUT2D eigenvalue weighted by atomic mass is 10.1. The molecule has 1 aromatic carbocycles. The third kappa shape index (κ3) is 6.20. The van der Waals surface area contributed by atoms with E-state index in [1.165, 1.54) is 17.6 Å². The van der Waals surface area contributed by atoms with Gasteiger partial charge in [-0.05, 0) is 29.8 Å². The van der Waals surface area contributed by atoms with Crippen molar-refractivity contribution < 1.29 is 22.7 Å². The van der Waals surface area contributed by atoms with E-state index >= 15 is 0 Å². The monoisotopic (exact) mass is 504 g/mol. The van der Waals surface area contributed by atoms with Crippen molar-refractivity contribution in [3.63, 3.8) is 0 Å². The Morgan fingerprint density at radius 2 is 1.74 bits per heavy atom. The van der Waals surface area contributed by atoms with Gasteiger partial charge in [-0.25, -0.2) is 13.4 Å². The first-order chi connectivity index (χ1) is 16.7. The predicted octanol–water partition coefficient (Wildman–Crippen LogP) is 0.989. The van der Waals surface area contributed by atoms with Crippen molar-refractivity contribution in [1.82, 2.24) is 9.88 Å². The van der Waals surface area contributed by atoms with Crippen molar-refractivity contribution in [3.05, 3.63) is 41.5 Å². The summed E-state index contributed by atoms with van der Waals surface area (Å²) in [7, 11) is -1.97. The SMILES string of the molecule is CN(c1cc(Nc2nc(N3CCOCC3)ccc2C(N)=O)ccc1CN1CCOCC1)S(C)(=O)=O. The standard InChI is InChI=1S/C23H32N6O5S/c1-27(35(2,31)32)20-15-18(4-3-17(20)16-28-7-11-33-12-8-28)25-23-19(22(24)30)5-6-21(26-23)29-9-13-34-14-10-29/h3-6,15H,7-14,16H2,1-2H3,(H2,24,30)(H,25,26). The predicted molar refractivity (Wildman–Crippen MR) is 135 cm³/mol. The van der Waals surface area contributed by atoms with Crippen LogP contribution in [0.25, 0.3) is 0 Å². The molecule has 0 aliphatic carbocycles. The molecule has 35 heavy (non-hydrogen) atoms. The molecule has 2 saturated heterocycles. The van der Waals surface area contributed by atoms with Gasteiger partial charge in [0.15, 0.2) is 0 Å². The molecule has 1 amide bonds. The molecular formula is C23H32N6O5S. The number of benzene rings is 1. The molecule has 2 aliphatic heterocycles. The number of aromatic nitrogens is 1. The van der Waals surface area contributed by atoms with Crippen LogP contribution in [0.4, 0.5) is 23.0 Å². The quantitative estimate of drug-likeness (QED) is 0.540. The fourth-order valence-electron chi connectivity index (χ4n) is 4.10. The normalized spacial score (nSPS) is 17.3. The van der Waals surface area contributed by atoms with E-state index in [9.17, 15) is 13.2 Å². The maximum atomic E-state index is 12.4. The molecule has 0 atom stereocenters. The van der Waals surface area contributed by atoms with Gasteiger partial charge in [0.05, 0.1) is 43.9 Å². The van der Waals surface area contributed by atoms with Gasteiger partial charge in [0.1, 0.15) is 11.6 Å². The van der Waals surface area contributed by atoms with Crippen molar-refractivity contribution in [2.24, 2.45) is 5.73 Å². The molecule has 0 saturated carbocycles. The van der Waals surface area contributed by atoms with Gasteiger partial charge < -0.3 is 25.4 Å². The lowest BCUT2D eigenvalue weighted by Gasteiger charge is -2.29. The van der Waals surface area contributed by atoms with Crippen LogP contribution in [-0.4, -0.2) is 90.1 Å². The van der Waals surface area contributed by atoms with E-state index in [0.29, 0.717) is 69.1 Å². The molecular weight excluding hydrogens is 472 g/mol. The summed E-state index contributed by atoms with van der Waals surface area (Å²) in [6, 6.07) is 8.92. The first-order valence-electron chi connectivity index (χ1n) is 11.5. The summed E-state index contributed by atoms with van der Waals surface area (Å²) in [6.07, 6.45) is 1.17. The van der Waals surface area contributed by atoms with Crippen molar-refractivity contribution in [2.75, 3.05) is 80.4 Å². The fourth-order valence-corrected chi connectivity index (χ4v) is 4.62. The number of carbonyl (C=O) groups is 1. The smallest absolute Gasteiger partial charge is 0.252 e. The summed E-state index contributed by atoms with van der Waals surface area (Å²) >= 11 is 0. The minimum Gasteiger partial charge on any atom is -0.379 e. The van der Waals surface area contributed by atoms with Gasteiger partial charge in [-0.2, -0.15) is 0 Å². The Morgan fingerprint density at radius 3 is 2.37 bits per heavy atom. The zero-order valence-electron chi connectivity index (χ0n) is 20.1. The van der Waals surface area contributed by atoms with Crippen LogP contribution in [0.15, 0.2) is 30.3 Å². The number of hydrogen-bond acceptors (Lipinski definition) is 9. The number of anilines is 4. The fraction of sp³-hybridized carbons (Fsp3) is 0.478. The molecule has 0 spiro atoms. The van der Waals surface area contributed by atoms with Crippen molar-refractivity contribution in [2.45, 2.75) is 6.54 Å². The minimum absolute atomic E-state index is 0.248. The maximum absolute atomic E-state index is 12.4. The number of ether oxygens (including phenoxy) is 2. The van der Waals surface area contributed by atoms with Crippen LogP contribution in [0, 0.1) is 0 Å². The van der Waals surface area contributed by atoms with E-state index in [2.05, 4.69) is 20.1 Å². The number of sulfonamides is 1. The van der Waals surface area contributed by atoms with Gasteiger partial charge in [-0.3, -0.25) is 14.0 Å². The zero-order valence-corrected chi connectivity index (χ0v) is 20.9. The van der Waals surface area contributed by atoms with Crippen molar-refractivity contribution in [1.29, 1.82) is 0 Å². The molecule has 0 unspecified atom stereocenters. The van der Waals surface area contributed by atoms with E-state index < -0.39 is 15.9 Å². The second-order valence-electron chi connectivity index (χ2n) is 8.62. The van der Waals surface area contributed by atoms with Crippen LogP contribution in [-0.2, 0) is 26.0 Å². The van der Waals surface area contributed by atoms with E-state index in [4.69, 9.17) is 15.2 Å². The Morgan fingerprint density at radius 1 is 1.09 bits per heavy atom. The average Bonchev–Trinajstić information content (AvgIpc) is 2.85. The average molecular weight is 505 g/mol. The van der Waals surface area contributed by atoms with E-state index in [1.54, 1.807) is 18.2 Å². The maximum Gasteiger partial charge on any atom is 0.252 e. The van der Waals surface area contributed by atoms with Gasteiger partial charge >= 0.3 is 0 Å². The molecule has 2 fully saturated rings. The van der Waals surface area contributed by atoms with Crippen LogP contribution in [0.5, 0.6) is 0 Å². The topological polar surface area (TPSA) is 130 Å². The van der Waals surface area contributed by atoms with Crippen LogP contribution < -0.4 is 20.3 Å². The third-order valence-corrected chi connectivity index (χ3v) is 7.36. The first-order valence-corrected chi connectivity index (χ1v) is 13.3. The lowest BCUT2D eigenvalue weighted by Crippen LogP contribution is -2.37. The van der Waals surface area contributed by atoms with Gasteiger partial charge in [0, 0.05) is 45.5 Å². The summed E-state index contributed by atoms with van der Waals surface area (Å²) < 4.78 is 36.9. The number of hydrogen-bond donors (Lipinski definition) is 2. The zero-order chi connectivity index (χ0) is 25.0. The molecule has 2 aromatic rings. The highest BCUT2D eigenvalue weighted by Crippen LogP contribution is 2.30. The molecule has 11 nitrogen and oxygen atoms in total. The number of nitrogens with two attached hydrogens (primary N) is 1. The largest absolute Gasteiger partial charge is 0.379 e. The molecule has 190 valence electrons. The molecule has 3 N–H and O–H groups in total. The van der Waals surface area contributed by atoms with Crippen LogP contribution in [0.1, 0.15) is 15.9 Å². The van der Waals surface area contributed by atoms with Gasteiger partial charge in [-0.15, -0.1) is 0 Å². The number of carbonyl (C=O) groups excluding carboxylic acids is 1. The molecule has 0 bridgehead atoms. The van der Waals surface area contributed by atoms with Gasteiger partial charge in [-0.1, -0.05) is 6.07 Å². The second kappa shape index (κ2) is 10.8. The van der Waals surface area contributed by atoms with E-state index in [1.807, 2.05) is 12.1 Å². The summed E-state index contributed by atoms with van der Waals surface area (Å²) in [4.78, 5) is 21.0. The molecule has 12 heteroatoms. The summed E-state index contributed by atoms with van der Waals surface area (Å²) in [6.45, 7) is 6.06. The van der Waals surface area contributed by atoms with Gasteiger partial charge in [0.2, 0.25) is 10.0 Å². The number of pyridine rings is 1.